The van der Waals surface area contributed by atoms with Gasteiger partial charge >= 0.3 is 0 Å². The standard InChI is InChI=1S/C18H19N5O/c24-18(14-6-7-16-17(11-14)21-22-20-16)23-9-3-4-13(12-23)10-15-5-1-2-8-19-15/h1-2,5-8,11,13H,3-4,9-10,12H2,(H,20,21,22)/t13-/m0/s1. The Morgan fingerprint density at radius 2 is 2.12 bits per heavy atom. The molecule has 4 rings (SSSR count). The summed E-state index contributed by atoms with van der Waals surface area (Å²) >= 11 is 0. The molecule has 0 radical (unpaired) electrons. The summed E-state index contributed by atoms with van der Waals surface area (Å²) in [5.74, 6) is 0.541. The third-order valence-corrected chi connectivity index (χ3v) is 4.59. The van der Waals surface area contributed by atoms with Gasteiger partial charge in [0.25, 0.3) is 5.91 Å². The Morgan fingerprint density at radius 3 is 3.00 bits per heavy atom. The predicted molar refractivity (Wildman–Crippen MR) is 90.5 cm³/mol. The van der Waals surface area contributed by atoms with E-state index < -0.39 is 0 Å². The maximum atomic E-state index is 12.8. The second-order valence-corrected chi connectivity index (χ2v) is 6.31. The van der Waals surface area contributed by atoms with Gasteiger partial charge in [-0.25, -0.2) is 0 Å². The first-order valence-corrected chi connectivity index (χ1v) is 8.29. The van der Waals surface area contributed by atoms with Crippen molar-refractivity contribution in [3.05, 3.63) is 53.9 Å². The normalized spacial score (nSPS) is 18.0. The minimum Gasteiger partial charge on any atom is -0.338 e. The molecule has 3 aromatic rings. The molecule has 0 unspecified atom stereocenters. The number of nitrogens with zero attached hydrogens (tertiary/aromatic N) is 4. The number of nitrogens with one attached hydrogen (secondary N) is 1. The molecule has 1 aliphatic rings. The van der Waals surface area contributed by atoms with Crippen LogP contribution >= 0.6 is 0 Å². The molecule has 1 atom stereocenters. The second-order valence-electron chi connectivity index (χ2n) is 6.31. The molecule has 1 fully saturated rings. The molecule has 0 saturated carbocycles. The quantitative estimate of drug-likeness (QED) is 0.804. The van der Waals surface area contributed by atoms with E-state index in [0.717, 1.165) is 49.1 Å². The molecule has 1 aliphatic heterocycles. The first-order valence-electron chi connectivity index (χ1n) is 8.29. The monoisotopic (exact) mass is 321 g/mol. The number of H-pyrrole nitrogens is 1. The van der Waals surface area contributed by atoms with Gasteiger partial charge in [-0.3, -0.25) is 9.78 Å². The van der Waals surface area contributed by atoms with Crippen molar-refractivity contribution >= 4 is 16.9 Å². The van der Waals surface area contributed by atoms with E-state index in [4.69, 9.17) is 0 Å². The molecule has 0 bridgehead atoms. The minimum absolute atomic E-state index is 0.0746. The topological polar surface area (TPSA) is 74.8 Å². The van der Waals surface area contributed by atoms with Crippen molar-refractivity contribution < 1.29 is 4.79 Å². The number of carbonyl (C=O) groups is 1. The minimum atomic E-state index is 0.0746. The Kier molecular flexibility index (Phi) is 3.94. The van der Waals surface area contributed by atoms with Gasteiger partial charge in [0.15, 0.2) is 0 Å². The number of pyridine rings is 1. The number of rotatable bonds is 3. The second kappa shape index (κ2) is 6.39. The van der Waals surface area contributed by atoms with Crippen LogP contribution in [-0.4, -0.2) is 44.3 Å². The highest BCUT2D eigenvalue weighted by Gasteiger charge is 2.25. The van der Waals surface area contributed by atoms with E-state index in [1.807, 2.05) is 41.4 Å². The van der Waals surface area contributed by atoms with E-state index in [-0.39, 0.29) is 5.91 Å². The molecular weight excluding hydrogens is 302 g/mol. The van der Waals surface area contributed by atoms with Crippen LogP contribution in [0.1, 0.15) is 28.9 Å². The van der Waals surface area contributed by atoms with Crippen molar-refractivity contribution in [1.29, 1.82) is 0 Å². The number of amides is 1. The molecule has 1 amide bonds. The van der Waals surface area contributed by atoms with Gasteiger partial charge in [0.1, 0.15) is 11.0 Å². The van der Waals surface area contributed by atoms with Gasteiger partial charge in [0, 0.05) is 30.5 Å². The zero-order valence-electron chi connectivity index (χ0n) is 13.4. The van der Waals surface area contributed by atoms with Crippen LogP contribution < -0.4 is 0 Å². The van der Waals surface area contributed by atoms with Crippen LogP contribution in [-0.2, 0) is 6.42 Å². The number of benzene rings is 1. The van der Waals surface area contributed by atoms with Crippen molar-refractivity contribution in [2.45, 2.75) is 19.3 Å². The number of carbonyl (C=O) groups excluding carboxylic acids is 1. The third-order valence-electron chi connectivity index (χ3n) is 4.59. The molecule has 0 spiro atoms. The molecular formula is C18H19N5O. The number of likely N-dealkylation sites (tertiary alicyclic amines) is 1. The average molecular weight is 321 g/mol. The van der Waals surface area contributed by atoms with E-state index in [0.29, 0.717) is 11.5 Å². The van der Waals surface area contributed by atoms with Crippen LogP contribution in [0.25, 0.3) is 11.0 Å². The molecule has 1 aromatic carbocycles. The first kappa shape index (κ1) is 14.8. The SMILES string of the molecule is O=C(c1ccc2n[nH]nc2c1)N1CCC[C@@H](Cc2ccccn2)C1. The Hall–Kier alpha value is -2.76. The van der Waals surface area contributed by atoms with E-state index in [9.17, 15) is 4.79 Å². The maximum Gasteiger partial charge on any atom is 0.253 e. The lowest BCUT2D eigenvalue weighted by Gasteiger charge is -2.32. The highest BCUT2D eigenvalue weighted by atomic mass is 16.2. The number of fused-ring (bicyclic) bond motifs is 1. The van der Waals surface area contributed by atoms with Gasteiger partial charge in [0.2, 0.25) is 0 Å². The van der Waals surface area contributed by atoms with Crippen LogP contribution in [0.3, 0.4) is 0 Å². The van der Waals surface area contributed by atoms with Gasteiger partial charge in [-0.05, 0) is 55.5 Å². The summed E-state index contributed by atoms with van der Waals surface area (Å²) in [5.41, 5.74) is 3.27. The number of aromatic amines is 1. The lowest BCUT2D eigenvalue weighted by Crippen LogP contribution is -2.40. The summed E-state index contributed by atoms with van der Waals surface area (Å²) < 4.78 is 0. The molecule has 1 saturated heterocycles. The Bertz CT molecular complexity index is 845. The molecule has 6 heteroatoms. The van der Waals surface area contributed by atoms with Gasteiger partial charge in [-0.1, -0.05) is 6.07 Å². The number of aromatic nitrogens is 4. The fraction of sp³-hybridized carbons (Fsp3) is 0.333. The third kappa shape index (κ3) is 2.99. The van der Waals surface area contributed by atoms with Crippen LogP contribution in [0.4, 0.5) is 0 Å². The van der Waals surface area contributed by atoms with Gasteiger partial charge in [-0.2, -0.15) is 15.4 Å². The number of hydrogen-bond acceptors (Lipinski definition) is 4. The van der Waals surface area contributed by atoms with Crippen LogP contribution in [0.5, 0.6) is 0 Å². The fourth-order valence-electron chi connectivity index (χ4n) is 3.39. The van der Waals surface area contributed by atoms with Crippen molar-refractivity contribution in [3.8, 4) is 0 Å². The van der Waals surface area contributed by atoms with Crippen molar-refractivity contribution in [2.75, 3.05) is 13.1 Å². The lowest BCUT2D eigenvalue weighted by molar-refractivity contribution is 0.0673. The summed E-state index contributed by atoms with van der Waals surface area (Å²) in [7, 11) is 0. The molecule has 2 aromatic heterocycles. The van der Waals surface area contributed by atoms with Gasteiger partial charge in [-0.15, -0.1) is 0 Å². The molecule has 6 nitrogen and oxygen atoms in total. The zero-order chi connectivity index (χ0) is 16.4. The average Bonchev–Trinajstić information content (AvgIpc) is 3.10. The Balaban J connectivity index is 1.47. The predicted octanol–water partition coefficient (Wildman–Crippen LogP) is 2.45. The summed E-state index contributed by atoms with van der Waals surface area (Å²) in [6, 6.07) is 11.5. The molecule has 0 aliphatic carbocycles. The smallest absolute Gasteiger partial charge is 0.253 e. The number of piperidine rings is 1. The largest absolute Gasteiger partial charge is 0.338 e. The van der Waals surface area contributed by atoms with Gasteiger partial charge < -0.3 is 4.90 Å². The summed E-state index contributed by atoms with van der Waals surface area (Å²) in [6.07, 6.45) is 4.93. The molecule has 1 N–H and O–H groups in total. The van der Waals surface area contributed by atoms with E-state index in [1.54, 1.807) is 0 Å². The molecule has 3 heterocycles. The zero-order valence-corrected chi connectivity index (χ0v) is 13.4. The van der Waals surface area contributed by atoms with Crippen molar-refractivity contribution in [2.24, 2.45) is 5.92 Å². The highest BCUT2D eigenvalue weighted by Crippen LogP contribution is 2.22. The summed E-state index contributed by atoms with van der Waals surface area (Å²) in [6.45, 7) is 1.60. The van der Waals surface area contributed by atoms with Crippen LogP contribution in [0.15, 0.2) is 42.6 Å². The Labute approximate surface area is 139 Å². The summed E-state index contributed by atoms with van der Waals surface area (Å²) in [4.78, 5) is 19.2. The van der Waals surface area contributed by atoms with Crippen molar-refractivity contribution in [3.63, 3.8) is 0 Å². The Morgan fingerprint density at radius 1 is 1.21 bits per heavy atom. The fourth-order valence-corrected chi connectivity index (χ4v) is 3.39. The van der Waals surface area contributed by atoms with Crippen molar-refractivity contribution in [1.82, 2.24) is 25.3 Å². The van der Waals surface area contributed by atoms with Gasteiger partial charge in [0.05, 0.1) is 0 Å². The van der Waals surface area contributed by atoms with E-state index in [2.05, 4.69) is 26.5 Å². The first-order chi connectivity index (χ1) is 11.8. The van der Waals surface area contributed by atoms with E-state index >= 15 is 0 Å². The number of hydrogen-bond donors (Lipinski definition) is 1. The molecule has 122 valence electrons. The van der Waals surface area contributed by atoms with E-state index in [1.165, 1.54) is 0 Å². The van der Waals surface area contributed by atoms with Crippen LogP contribution in [0.2, 0.25) is 0 Å². The lowest BCUT2D eigenvalue weighted by atomic mass is 9.92. The maximum absolute atomic E-state index is 12.8. The highest BCUT2D eigenvalue weighted by molar-refractivity contribution is 5.97. The summed E-state index contributed by atoms with van der Waals surface area (Å²) in [5, 5.41) is 10.7. The molecule has 24 heavy (non-hydrogen) atoms. The van der Waals surface area contributed by atoms with Crippen LogP contribution in [0, 0.1) is 5.92 Å².